The zero-order chi connectivity index (χ0) is 14.4. The zero-order valence-corrected chi connectivity index (χ0v) is 12.2. The van der Waals surface area contributed by atoms with Crippen molar-refractivity contribution in [2.75, 3.05) is 13.2 Å². The molecule has 0 unspecified atom stereocenters. The van der Waals surface area contributed by atoms with Gasteiger partial charge >= 0.3 is 0 Å². The number of hydrogen-bond donors (Lipinski definition) is 2. The average molecular weight is 294 g/mol. The first-order valence-electron chi connectivity index (χ1n) is 6.55. The van der Waals surface area contributed by atoms with Crippen LogP contribution in [0.2, 0.25) is 0 Å². The van der Waals surface area contributed by atoms with E-state index in [0.29, 0.717) is 24.4 Å². The van der Waals surface area contributed by atoms with Gasteiger partial charge in [0.1, 0.15) is 5.76 Å². The Labute approximate surface area is 121 Å². The molecule has 0 saturated heterocycles. The molecule has 0 radical (unpaired) electrons. The molecule has 0 spiro atoms. The third-order valence-corrected chi connectivity index (χ3v) is 3.83. The number of thiophene rings is 1. The van der Waals surface area contributed by atoms with E-state index in [0.717, 1.165) is 6.42 Å². The molecule has 2 aromatic rings. The number of amides is 1. The Balaban J connectivity index is 1.83. The first kappa shape index (κ1) is 14.7. The van der Waals surface area contributed by atoms with Gasteiger partial charge in [0, 0.05) is 19.2 Å². The SMILES string of the molecule is Cc1cc(C(=O)NCC[C@@H](CCO)c2ccsc2)no1. The van der Waals surface area contributed by atoms with Crippen LogP contribution >= 0.6 is 11.3 Å². The maximum absolute atomic E-state index is 11.8. The van der Waals surface area contributed by atoms with Crippen LogP contribution in [0.25, 0.3) is 0 Å². The molecule has 2 heterocycles. The van der Waals surface area contributed by atoms with Gasteiger partial charge in [-0.15, -0.1) is 0 Å². The lowest BCUT2D eigenvalue weighted by Crippen LogP contribution is -2.26. The summed E-state index contributed by atoms with van der Waals surface area (Å²) >= 11 is 1.64. The summed E-state index contributed by atoms with van der Waals surface area (Å²) in [5.74, 6) is 0.659. The Bertz CT molecular complexity index is 536. The molecule has 20 heavy (non-hydrogen) atoms. The van der Waals surface area contributed by atoms with Crippen LogP contribution in [0.15, 0.2) is 27.4 Å². The van der Waals surface area contributed by atoms with E-state index >= 15 is 0 Å². The Kier molecular flexibility index (Phi) is 5.31. The van der Waals surface area contributed by atoms with E-state index in [1.807, 2.05) is 5.38 Å². The molecule has 0 aliphatic rings. The third kappa shape index (κ3) is 3.91. The Morgan fingerprint density at radius 1 is 1.55 bits per heavy atom. The predicted molar refractivity (Wildman–Crippen MR) is 77.0 cm³/mol. The summed E-state index contributed by atoms with van der Waals surface area (Å²) in [5, 5.41) is 19.7. The summed E-state index contributed by atoms with van der Waals surface area (Å²) in [6.45, 7) is 2.44. The number of rotatable bonds is 7. The van der Waals surface area contributed by atoms with E-state index in [1.54, 1.807) is 24.3 Å². The van der Waals surface area contributed by atoms with E-state index in [-0.39, 0.29) is 18.4 Å². The summed E-state index contributed by atoms with van der Waals surface area (Å²) < 4.78 is 4.87. The number of aliphatic hydroxyl groups is 1. The third-order valence-electron chi connectivity index (χ3n) is 3.13. The number of nitrogens with one attached hydrogen (secondary N) is 1. The van der Waals surface area contributed by atoms with E-state index < -0.39 is 0 Å². The van der Waals surface area contributed by atoms with E-state index in [9.17, 15) is 4.79 Å². The largest absolute Gasteiger partial charge is 0.396 e. The minimum absolute atomic E-state index is 0.150. The molecule has 108 valence electrons. The van der Waals surface area contributed by atoms with Crippen molar-refractivity contribution in [1.82, 2.24) is 10.5 Å². The van der Waals surface area contributed by atoms with Gasteiger partial charge in [0.15, 0.2) is 5.69 Å². The second-order valence-electron chi connectivity index (χ2n) is 4.63. The second kappa shape index (κ2) is 7.21. The lowest BCUT2D eigenvalue weighted by Gasteiger charge is -2.14. The average Bonchev–Trinajstić information content (AvgIpc) is 3.08. The second-order valence-corrected chi connectivity index (χ2v) is 5.41. The van der Waals surface area contributed by atoms with Crippen molar-refractivity contribution < 1.29 is 14.4 Å². The number of aryl methyl sites for hydroxylation is 1. The number of carbonyl (C=O) groups excluding carboxylic acids is 1. The van der Waals surface area contributed by atoms with Crippen LogP contribution in [0.4, 0.5) is 0 Å². The first-order chi connectivity index (χ1) is 9.70. The van der Waals surface area contributed by atoms with Gasteiger partial charge in [-0.2, -0.15) is 11.3 Å². The molecule has 1 amide bonds. The van der Waals surface area contributed by atoms with Gasteiger partial charge < -0.3 is 14.9 Å². The highest BCUT2D eigenvalue weighted by Gasteiger charge is 2.14. The number of aliphatic hydroxyl groups excluding tert-OH is 1. The van der Waals surface area contributed by atoms with Gasteiger partial charge in [-0.25, -0.2) is 0 Å². The minimum Gasteiger partial charge on any atom is -0.396 e. The van der Waals surface area contributed by atoms with E-state index in [4.69, 9.17) is 9.63 Å². The van der Waals surface area contributed by atoms with E-state index in [1.165, 1.54) is 5.56 Å². The lowest BCUT2D eigenvalue weighted by atomic mass is 9.95. The minimum atomic E-state index is -0.227. The molecule has 0 aliphatic heterocycles. The molecular weight excluding hydrogens is 276 g/mol. The molecule has 0 aliphatic carbocycles. The quantitative estimate of drug-likeness (QED) is 0.822. The predicted octanol–water partition coefficient (Wildman–Crippen LogP) is 2.33. The maximum Gasteiger partial charge on any atom is 0.273 e. The van der Waals surface area contributed by atoms with E-state index in [2.05, 4.69) is 21.9 Å². The van der Waals surface area contributed by atoms with Crippen LogP contribution in [0, 0.1) is 6.92 Å². The summed E-state index contributed by atoms with van der Waals surface area (Å²) in [6.07, 6.45) is 1.50. The Morgan fingerprint density at radius 2 is 2.40 bits per heavy atom. The fourth-order valence-corrected chi connectivity index (χ4v) is 2.81. The van der Waals surface area contributed by atoms with Gasteiger partial charge in [0.05, 0.1) is 0 Å². The summed E-state index contributed by atoms with van der Waals surface area (Å²) in [7, 11) is 0. The van der Waals surface area contributed by atoms with Crippen LogP contribution in [0.5, 0.6) is 0 Å². The van der Waals surface area contributed by atoms with Crippen LogP contribution in [-0.4, -0.2) is 29.3 Å². The fraction of sp³-hybridized carbons (Fsp3) is 0.429. The lowest BCUT2D eigenvalue weighted by molar-refractivity contribution is 0.0943. The standard InChI is InChI=1S/C14H18N2O3S/c1-10-8-13(16-19-10)14(18)15-5-2-11(3-6-17)12-4-7-20-9-12/h4,7-9,11,17H,2-3,5-6H2,1H3,(H,15,18)/t11-/m0/s1. The van der Waals surface area contributed by atoms with Crippen molar-refractivity contribution in [1.29, 1.82) is 0 Å². The Morgan fingerprint density at radius 3 is 3.00 bits per heavy atom. The van der Waals surface area contributed by atoms with Gasteiger partial charge in [0.2, 0.25) is 0 Å². The molecule has 2 N–H and O–H groups in total. The number of carbonyl (C=O) groups is 1. The van der Waals surface area contributed by atoms with Gasteiger partial charge in [-0.1, -0.05) is 5.16 Å². The number of hydrogen-bond acceptors (Lipinski definition) is 5. The highest BCUT2D eigenvalue weighted by molar-refractivity contribution is 7.07. The maximum atomic E-state index is 11.8. The van der Waals surface area contributed by atoms with Crippen molar-refractivity contribution in [2.24, 2.45) is 0 Å². The first-order valence-corrected chi connectivity index (χ1v) is 7.49. The van der Waals surface area contributed by atoms with Crippen molar-refractivity contribution >= 4 is 17.2 Å². The van der Waals surface area contributed by atoms with Gasteiger partial charge in [-0.05, 0) is 48.1 Å². The monoisotopic (exact) mass is 294 g/mol. The Hall–Kier alpha value is -1.66. The normalized spacial score (nSPS) is 12.3. The molecule has 2 rings (SSSR count). The topological polar surface area (TPSA) is 75.4 Å². The molecule has 0 bridgehead atoms. The van der Waals surface area contributed by atoms with Crippen LogP contribution in [0.3, 0.4) is 0 Å². The van der Waals surface area contributed by atoms with Crippen molar-refractivity contribution in [3.05, 3.63) is 39.9 Å². The smallest absolute Gasteiger partial charge is 0.273 e. The van der Waals surface area contributed by atoms with Crippen molar-refractivity contribution in [3.8, 4) is 0 Å². The molecular formula is C14H18N2O3S. The van der Waals surface area contributed by atoms with Crippen LogP contribution in [0.1, 0.15) is 40.6 Å². The summed E-state index contributed by atoms with van der Waals surface area (Å²) in [6, 6.07) is 3.67. The number of nitrogens with zero attached hydrogens (tertiary/aromatic N) is 1. The van der Waals surface area contributed by atoms with Gasteiger partial charge in [-0.3, -0.25) is 4.79 Å². The zero-order valence-electron chi connectivity index (χ0n) is 11.3. The summed E-state index contributed by atoms with van der Waals surface area (Å²) in [4.78, 5) is 11.8. The molecule has 6 heteroatoms. The fourth-order valence-electron chi connectivity index (χ4n) is 2.06. The molecule has 1 atom stereocenters. The van der Waals surface area contributed by atoms with Crippen LogP contribution in [-0.2, 0) is 0 Å². The highest BCUT2D eigenvalue weighted by Crippen LogP contribution is 2.24. The molecule has 2 aromatic heterocycles. The highest BCUT2D eigenvalue weighted by atomic mass is 32.1. The van der Waals surface area contributed by atoms with Gasteiger partial charge in [0.25, 0.3) is 5.91 Å². The summed E-state index contributed by atoms with van der Waals surface area (Å²) in [5.41, 5.74) is 1.52. The molecule has 0 saturated carbocycles. The molecule has 5 nitrogen and oxygen atoms in total. The van der Waals surface area contributed by atoms with Crippen molar-refractivity contribution in [3.63, 3.8) is 0 Å². The van der Waals surface area contributed by atoms with Crippen LogP contribution < -0.4 is 5.32 Å². The molecule has 0 fully saturated rings. The molecule has 0 aromatic carbocycles. The number of aromatic nitrogens is 1. The van der Waals surface area contributed by atoms with Crippen molar-refractivity contribution in [2.45, 2.75) is 25.7 Å².